The van der Waals surface area contributed by atoms with Crippen LogP contribution >= 0.6 is 15.9 Å². The summed E-state index contributed by atoms with van der Waals surface area (Å²) in [6.07, 6.45) is 0. The molecule has 0 aliphatic carbocycles. The molecule has 0 saturated heterocycles. The van der Waals surface area contributed by atoms with Crippen LogP contribution in [0.2, 0.25) is 0 Å². The molecule has 0 heterocycles. The largest absolute Gasteiger partial charge is 0.376 e. The first-order valence-corrected chi connectivity index (χ1v) is 7.63. The molecule has 4 heteroatoms. The van der Waals surface area contributed by atoms with Crippen molar-refractivity contribution in [1.29, 1.82) is 0 Å². The van der Waals surface area contributed by atoms with E-state index in [1.165, 1.54) is 11.1 Å². The molecule has 0 aliphatic heterocycles. The highest BCUT2D eigenvalue weighted by Crippen LogP contribution is 2.21. The van der Waals surface area contributed by atoms with Gasteiger partial charge in [0, 0.05) is 15.8 Å². The molecule has 0 radical (unpaired) electrons. The third kappa shape index (κ3) is 4.08. The molecule has 2 N–H and O–H groups in total. The maximum Gasteiger partial charge on any atom is 0.243 e. The first kappa shape index (κ1) is 15.6. The summed E-state index contributed by atoms with van der Waals surface area (Å²) in [5.74, 6) is -0.0552. The maximum atomic E-state index is 12.0. The molecule has 0 saturated carbocycles. The number of rotatable bonds is 4. The molecule has 1 amide bonds. The van der Waals surface area contributed by atoms with Gasteiger partial charge >= 0.3 is 0 Å². The van der Waals surface area contributed by atoms with Crippen LogP contribution < -0.4 is 10.6 Å². The van der Waals surface area contributed by atoms with Gasteiger partial charge in [-0.25, -0.2) is 0 Å². The van der Waals surface area contributed by atoms with Gasteiger partial charge in [-0.15, -0.1) is 0 Å². The Balaban J connectivity index is 1.96. The van der Waals surface area contributed by atoms with Crippen LogP contribution in [-0.2, 0) is 4.79 Å². The van der Waals surface area contributed by atoms with E-state index < -0.39 is 0 Å². The Labute approximate surface area is 133 Å². The van der Waals surface area contributed by atoms with Crippen molar-refractivity contribution in [2.24, 2.45) is 0 Å². The molecule has 2 aromatic rings. The third-order valence-electron chi connectivity index (χ3n) is 3.50. The SMILES string of the molecule is Cc1ccc(NCC(=O)Nc2cccc(C)c2C)cc1Br. The normalized spacial score (nSPS) is 10.3. The molecule has 3 nitrogen and oxygen atoms in total. The number of aryl methyl sites for hydroxylation is 2. The molecule has 0 atom stereocenters. The van der Waals surface area contributed by atoms with Crippen molar-refractivity contribution in [3.8, 4) is 0 Å². The first-order chi connectivity index (χ1) is 9.97. The number of carbonyl (C=O) groups is 1. The van der Waals surface area contributed by atoms with Crippen molar-refractivity contribution >= 4 is 33.2 Å². The Kier molecular flexibility index (Phi) is 5.02. The highest BCUT2D eigenvalue weighted by molar-refractivity contribution is 9.10. The van der Waals surface area contributed by atoms with Gasteiger partial charge in [0.1, 0.15) is 0 Å². The second kappa shape index (κ2) is 6.76. The molecule has 2 rings (SSSR count). The second-order valence-corrected chi connectivity index (χ2v) is 5.97. The van der Waals surface area contributed by atoms with Gasteiger partial charge in [0.15, 0.2) is 0 Å². The van der Waals surface area contributed by atoms with Crippen LogP contribution in [0.5, 0.6) is 0 Å². The average molecular weight is 347 g/mol. The van der Waals surface area contributed by atoms with E-state index in [2.05, 4.69) is 26.6 Å². The summed E-state index contributed by atoms with van der Waals surface area (Å²) in [6, 6.07) is 11.8. The van der Waals surface area contributed by atoms with Crippen molar-refractivity contribution in [2.45, 2.75) is 20.8 Å². The van der Waals surface area contributed by atoms with E-state index in [1.807, 2.05) is 57.2 Å². The summed E-state index contributed by atoms with van der Waals surface area (Å²) in [5.41, 5.74) is 5.23. The highest BCUT2D eigenvalue weighted by atomic mass is 79.9. The molecule has 0 unspecified atom stereocenters. The lowest BCUT2D eigenvalue weighted by Crippen LogP contribution is -2.22. The van der Waals surface area contributed by atoms with Crippen LogP contribution in [0, 0.1) is 20.8 Å². The number of hydrogen-bond donors (Lipinski definition) is 2. The van der Waals surface area contributed by atoms with E-state index in [1.54, 1.807) is 0 Å². The van der Waals surface area contributed by atoms with Crippen LogP contribution in [-0.4, -0.2) is 12.5 Å². The van der Waals surface area contributed by atoms with Crippen molar-refractivity contribution in [2.75, 3.05) is 17.2 Å². The number of nitrogens with one attached hydrogen (secondary N) is 2. The van der Waals surface area contributed by atoms with Crippen LogP contribution in [0.25, 0.3) is 0 Å². The quantitative estimate of drug-likeness (QED) is 0.859. The lowest BCUT2D eigenvalue weighted by atomic mass is 10.1. The number of halogens is 1. The van der Waals surface area contributed by atoms with E-state index in [0.717, 1.165) is 21.4 Å². The minimum Gasteiger partial charge on any atom is -0.376 e. The van der Waals surface area contributed by atoms with Crippen molar-refractivity contribution < 1.29 is 4.79 Å². The number of anilines is 2. The number of carbonyl (C=O) groups excluding carboxylic acids is 1. The highest BCUT2D eigenvalue weighted by Gasteiger charge is 2.06. The maximum absolute atomic E-state index is 12.0. The summed E-state index contributed by atoms with van der Waals surface area (Å²) < 4.78 is 1.03. The zero-order valence-corrected chi connectivity index (χ0v) is 14.0. The predicted octanol–water partition coefficient (Wildman–Crippen LogP) is 4.42. The lowest BCUT2D eigenvalue weighted by Gasteiger charge is -2.12. The molecule has 0 aromatic heterocycles. The zero-order valence-electron chi connectivity index (χ0n) is 12.5. The van der Waals surface area contributed by atoms with Gasteiger partial charge in [-0.2, -0.15) is 0 Å². The minimum atomic E-state index is -0.0552. The van der Waals surface area contributed by atoms with Gasteiger partial charge in [-0.3, -0.25) is 4.79 Å². The number of benzene rings is 2. The fourth-order valence-corrected chi connectivity index (χ4v) is 2.34. The van der Waals surface area contributed by atoms with Crippen LogP contribution in [0.4, 0.5) is 11.4 Å². The molecular weight excluding hydrogens is 328 g/mol. The summed E-state index contributed by atoms with van der Waals surface area (Å²) in [4.78, 5) is 12.0. The summed E-state index contributed by atoms with van der Waals surface area (Å²) in [7, 11) is 0. The fraction of sp³-hybridized carbons (Fsp3) is 0.235. The van der Waals surface area contributed by atoms with Crippen LogP contribution in [0.15, 0.2) is 40.9 Å². The molecule has 0 spiro atoms. The minimum absolute atomic E-state index is 0.0552. The summed E-state index contributed by atoms with van der Waals surface area (Å²) >= 11 is 3.48. The average Bonchev–Trinajstić information content (AvgIpc) is 2.45. The summed E-state index contributed by atoms with van der Waals surface area (Å²) in [5, 5.41) is 6.06. The monoisotopic (exact) mass is 346 g/mol. The van der Waals surface area contributed by atoms with E-state index in [4.69, 9.17) is 0 Å². The van der Waals surface area contributed by atoms with Crippen molar-refractivity contribution in [3.63, 3.8) is 0 Å². The Morgan fingerprint density at radius 3 is 2.57 bits per heavy atom. The third-order valence-corrected chi connectivity index (χ3v) is 4.36. The molecular formula is C17H19BrN2O. The zero-order chi connectivity index (χ0) is 15.4. The van der Waals surface area contributed by atoms with Gasteiger partial charge in [0.25, 0.3) is 0 Å². The Morgan fingerprint density at radius 2 is 1.86 bits per heavy atom. The van der Waals surface area contributed by atoms with Crippen LogP contribution in [0.3, 0.4) is 0 Å². The van der Waals surface area contributed by atoms with Gasteiger partial charge in [0.2, 0.25) is 5.91 Å². The molecule has 0 fully saturated rings. The van der Waals surface area contributed by atoms with E-state index in [0.29, 0.717) is 0 Å². The Hall–Kier alpha value is -1.81. The second-order valence-electron chi connectivity index (χ2n) is 5.11. The Bertz CT molecular complexity index is 668. The Morgan fingerprint density at radius 1 is 1.10 bits per heavy atom. The molecule has 110 valence electrons. The van der Waals surface area contributed by atoms with E-state index >= 15 is 0 Å². The van der Waals surface area contributed by atoms with Gasteiger partial charge in [-0.1, -0.05) is 34.1 Å². The number of hydrogen-bond acceptors (Lipinski definition) is 2. The van der Waals surface area contributed by atoms with E-state index in [9.17, 15) is 4.79 Å². The lowest BCUT2D eigenvalue weighted by molar-refractivity contribution is -0.114. The summed E-state index contributed by atoms with van der Waals surface area (Å²) in [6.45, 7) is 6.31. The first-order valence-electron chi connectivity index (χ1n) is 6.83. The molecule has 2 aromatic carbocycles. The number of amides is 1. The fourth-order valence-electron chi connectivity index (χ4n) is 1.97. The van der Waals surface area contributed by atoms with E-state index in [-0.39, 0.29) is 12.5 Å². The van der Waals surface area contributed by atoms with Crippen LogP contribution in [0.1, 0.15) is 16.7 Å². The smallest absolute Gasteiger partial charge is 0.243 e. The van der Waals surface area contributed by atoms with Gasteiger partial charge in [-0.05, 0) is 55.7 Å². The van der Waals surface area contributed by atoms with Crippen molar-refractivity contribution in [3.05, 3.63) is 57.6 Å². The molecule has 21 heavy (non-hydrogen) atoms. The topological polar surface area (TPSA) is 41.1 Å². The van der Waals surface area contributed by atoms with Gasteiger partial charge < -0.3 is 10.6 Å². The standard InChI is InChI=1S/C17H19BrN2O/c1-11-5-4-6-16(13(11)3)20-17(21)10-19-14-8-7-12(2)15(18)9-14/h4-9,19H,10H2,1-3H3,(H,20,21). The van der Waals surface area contributed by atoms with Gasteiger partial charge in [0.05, 0.1) is 6.54 Å². The molecule has 0 aliphatic rings. The molecule has 0 bridgehead atoms. The van der Waals surface area contributed by atoms with Crippen molar-refractivity contribution in [1.82, 2.24) is 0 Å². The predicted molar refractivity (Wildman–Crippen MR) is 91.9 cm³/mol.